The van der Waals surface area contributed by atoms with Crippen LogP contribution in [0.4, 0.5) is 0 Å². The molecule has 0 N–H and O–H groups in total. The van der Waals surface area contributed by atoms with E-state index in [0.717, 1.165) is 15.6 Å². The molecule has 0 atom stereocenters. The number of halogens is 1. The van der Waals surface area contributed by atoms with Crippen LogP contribution >= 0.6 is 15.9 Å². The molecule has 0 unspecified atom stereocenters. The van der Waals surface area contributed by atoms with Crippen molar-refractivity contribution in [1.82, 2.24) is 0 Å². The first-order valence-electron chi connectivity index (χ1n) is 9.12. The molecule has 28 heavy (non-hydrogen) atoms. The van der Waals surface area contributed by atoms with Crippen molar-refractivity contribution in [1.29, 1.82) is 0 Å². The lowest BCUT2D eigenvalue weighted by Crippen LogP contribution is -2.18. The van der Waals surface area contributed by atoms with Crippen LogP contribution in [0, 0.1) is 0 Å². The molecule has 3 aromatic carbocycles. The van der Waals surface area contributed by atoms with Crippen LogP contribution in [0.5, 0.6) is 11.5 Å². The highest BCUT2D eigenvalue weighted by Gasteiger charge is 2.14. The van der Waals surface area contributed by atoms with E-state index < -0.39 is 5.97 Å². The monoisotopic (exact) mass is 438 g/mol. The number of ether oxygens (including phenoxy) is 2. The van der Waals surface area contributed by atoms with Gasteiger partial charge in [-0.05, 0) is 62.3 Å². The second-order valence-electron chi connectivity index (χ2n) is 7.55. The number of rotatable bonds is 5. The first-order valence-corrected chi connectivity index (χ1v) is 9.91. The molecule has 0 spiro atoms. The zero-order chi connectivity index (χ0) is 20.1. The minimum atomic E-state index is -0.451. The number of carbonyl (C=O) groups excluding carboxylic acids is 1. The minimum Gasteiger partial charge on any atom is -0.482 e. The summed E-state index contributed by atoms with van der Waals surface area (Å²) in [6, 6.07) is 23.4. The molecule has 4 heteroatoms. The Kier molecular flexibility index (Phi) is 6.20. The van der Waals surface area contributed by atoms with E-state index in [1.165, 1.54) is 5.56 Å². The summed E-state index contributed by atoms with van der Waals surface area (Å²) in [5.41, 5.74) is 3.44. The summed E-state index contributed by atoms with van der Waals surface area (Å²) in [5, 5.41) is 0. The quantitative estimate of drug-likeness (QED) is 0.341. The van der Waals surface area contributed by atoms with Gasteiger partial charge < -0.3 is 9.47 Å². The van der Waals surface area contributed by atoms with Crippen LogP contribution in [-0.4, -0.2) is 12.6 Å². The zero-order valence-corrected chi connectivity index (χ0v) is 17.8. The molecule has 0 aliphatic rings. The molecule has 0 aromatic heterocycles. The fourth-order valence-electron chi connectivity index (χ4n) is 2.74. The van der Waals surface area contributed by atoms with Gasteiger partial charge in [0.2, 0.25) is 0 Å². The van der Waals surface area contributed by atoms with Crippen LogP contribution in [-0.2, 0) is 10.2 Å². The maximum Gasteiger partial charge on any atom is 0.349 e. The predicted octanol–water partition coefficient (Wildman–Crippen LogP) is 6.40. The average Bonchev–Trinajstić information content (AvgIpc) is 2.68. The number of benzene rings is 3. The molecular formula is C24H23BrO3. The molecule has 0 radical (unpaired) electrons. The summed E-state index contributed by atoms with van der Waals surface area (Å²) in [5.74, 6) is 0.660. The van der Waals surface area contributed by atoms with E-state index in [1.807, 2.05) is 66.7 Å². The van der Waals surface area contributed by atoms with Crippen LogP contribution in [0.2, 0.25) is 0 Å². The minimum absolute atomic E-state index is 0.0790. The Bertz CT molecular complexity index is 942. The van der Waals surface area contributed by atoms with E-state index in [1.54, 1.807) is 6.07 Å². The summed E-state index contributed by atoms with van der Waals surface area (Å²) >= 11 is 3.48. The highest BCUT2D eigenvalue weighted by Crippen LogP contribution is 2.31. The van der Waals surface area contributed by atoms with Gasteiger partial charge in [-0.3, -0.25) is 0 Å². The normalized spacial score (nSPS) is 11.1. The summed E-state index contributed by atoms with van der Waals surface area (Å²) < 4.78 is 11.7. The maximum atomic E-state index is 12.2. The third-order valence-corrected chi connectivity index (χ3v) is 4.96. The molecule has 0 fully saturated rings. The second kappa shape index (κ2) is 8.61. The van der Waals surface area contributed by atoms with E-state index in [9.17, 15) is 4.79 Å². The van der Waals surface area contributed by atoms with Crippen LogP contribution < -0.4 is 9.47 Å². The van der Waals surface area contributed by atoms with Crippen molar-refractivity contribution in [3.8, 4) is 22.6 Å². The van der Waals surface area contributed by atoms with Crippen molar-refractivity contribution < 1.29 is 14.3 Å². The molecule has 3 rings (SSSR count). The first-order chi connectivity index (χ1) is 13.3. The topological polar surface area (TPSA) is 35.5 Å². The number of hydrogen-bond acceptors (Lipinski definition) is 3. The van der Waals surface area contributed by atoms with Gasteiger partial charge in [-0.2, -0.15) is 0 Å². The number of esters is 1. The molecule has 0 heterocycles. The average molecular weight is 439 g/mol. The van der Waals surface area contributed by atoms with Crippen molar-refractivity contribution in [3.63, 3.8) is 0 Å². The lowest BCUT2D eigenvalue weighted by atomic mass is 9.87. The van der Waals surface area contributed by atoms with Crippen LogP contribution in [0.25, 0.3) is 11.1 Å². The van der Waals surface area contributed by atoms with Crippen molar-refractivity contribution in [2.45, 2.75) is 26.2 Å². The highest BCUT2D eigenvalue weighted by atomic mass is 79.9. The molecule has 0 saturated carbocycles. The predicted molar refractivity (Wildman–Crippen MR) is 116 cm³/mol. The third kappa shape index (κ3) is 5.23. The summed E-state index contributed by atoms with van der Waals surface area (Å²) in [6.07, 6.45) is 0. The molecule has 0 saturated heterocycles. The van der Waals surface area contributed by atoms with Crippen molar-refractivity contribution >= 4 is 21.9 Å². The summed E-state index contributed by atoms with van der Waals surface area (Å²) in [7, 11) is 0. The second-order valence-corrected chi connectivity index (χ2v) is 8.40. The fourth-order valence-corrected chi connectivity index (χ4v) is 3.20. The van der Waals surface area contributed by atoms with E-state index in [-0.39, 0.29) is 12.0 Å². The Balaban J connectivity index is 1.59. The van der Waals surface area contributed by atoms with Crippen LogP contribution in [0.3, 0.4) is 0 Å². The lowest BCUT2D eigenvalue weighted by Gasteiger charge is -2.19. The molecular weight excluding hydrogens is 416 g/mol. The zero-order valence-electron chi connectivity index (χ0n) is 16.2. The maximum absolute atomic E-state index is 12.2. The van der Waals surface area contributed by atoms with Gasteiger partial charge in [0.05, 0.1) is 4.47 Å². The SMILES string of the molecule is CC(C)(C)c1ccc(OCC(=O)Oc2ccc(-c3ccccc3)cc2Br)cc1. The van der Waals surface area contributed by atoms with Gasteiger partial charge in [-0.25, -0.2) is 4.79 Å². The van der Waals surface area contributed by atoms with E-state index >= 15 is 0 Å². The Morgan fingerprint density at radius 3 is 2.18 bits per heavy atom. The Morgan fingerprint density at radius 1 is 0.893 bits per heavy atom. The fraction of sp³-hybridized carbons (Fsp3) is 0.208. The number of carbonyl (C=O) groups is 1. The standard InChI is InChI=1S/C24H23BrO3/c1-24(2,3)19-10-12-20(13-11-19)27-16-23(26)28-22-14-9-18(15-21(22)25)17-7-5-4-6-8-17/h4-15H,16H2,1-3H3. The van der Waals surface area contributed by atoms with Gasteiger partial charge in [0.1, 0.15) is 11.5 Å². The van der Waals surface area contributed by atoms with Crippen molar-refractivity contribution in [2.24, 2.45) is 0 Å². The van der Waals surface area contributed by atoms with Crippen LogP contribution in [0.1, 0.15) is 26.3 Å². The van der Waals surface area contributed by atoms with Gasteiger partial charge in [-0.15, -0.1) is 0 Å². The molecule has 3 aromatic rings. The van der Waals surface area contributed by atoms with Gasteiger partial charge in [-0.1, -0.05) is 69.3 Å². The van der Waals surface area contributed by atoms with Crippen molar-refractivity contribution in [3.05, 3.63) is 82.8 Å². The van der Waals surface area contributed by atoms with E-state index in [0.29, 0.717) is 11.5 Å². The van der Waals surface area contributed by atoms with Gasteiger partial charge in [0, 0.05) is 0 Å². The third-order valence-electron chi connectivity index (χ3n) is 4.34. The van der Waals surface area contributed by atoms with Crippen LogP contribution in [0.15, 0.2) is 77.3 Å². The molecule has 3 nitrogen and oxygen atoms in total. The van der Waals surface area contributed by atoms with E-state index in [2.05, 4.69) is 36.7 Å². The lowest BCUT2D eigenvalue weighted by molar-refractivity contribution is -0.136. The molecule has 144 valence electrons. The van der Waals surface area contributed by atoms with Gasteiger partial charge in [0.15, 0.2) is 6.61 Å². The Hall–Kier alpha value is -2.59. The molecule has 0 aliphatic heterocycles. The summed E-state index contributed by atoms with van der Waals surface area (Å²) in [4.78, 5) is 12.2. The largest absolute Gasteiger partial charge is 0.482 e. The van der Waals surface area contributed by atoms with Gasteiger partial charge >= 0.3 is 5.97 Å². The van der Waals surface area contributed by atoms with Crippen molar-refractivity contribution in [2.75, 3.05) is 6.61 Å². The Labute approximate surface area is 174 Å². The highest BCUT2D eigenvalue weighted by molar-refractivity contribution is 9.10. The number of hydrogen-bond donors (Lipinski definition) is 0. The van der Waals surface area contributed by atoms with E-state index in [4.69, 9.17) is 9.47 Å². The summed E-state index contributed by atoms with van der Waals surface area (Å²) in [6.45, 7) is 6.31. The molecule has 0 bridgehead atoms. The first kappa shape index (κ1) is 20.2. The Morgan fingerprint density at radius 2 is 1.57 bits per heavy atom. The smallest absolute Gasteiger partial charge is 0.349 e. The molecule has 0 aliphatic carbocycles. The van der Waals surface area contributed by atoms with Gasteiger partial charge in [0.25, 0.3) is 0 Å². The molecule has 0 amide bonds.